The predicted octanol–water partition coefficient (Wildman–Crippen LogP) is 1.25. The summed E-state index contributed by atoms with van der Waals surface area (Å²) >= 11 is 2.00. The zero-order valence-corrected chi connectivity index (χ0v) is 9.17. The molecule has 0 bridgehead atoms. The summed E-state index contributed by atoms with van der Waals surface area (Å²) in [5.74, 6) is 3.01. The topological polar surface area (TPSA) is 38.7 Å². The van der Waals surface area contributed by atoms with E-state index in [9.17, 15) is 0 Å². The lowest BCUT2D eigenvalue weighted by Crippen LogP contribution is -2.27. The van der Waals surface area contributed by atoms with Gasteiger partial charge in [-0.15, -0.1) is 0 Å². The highest BCUT2D eigenvalue weighted by atomic mass is 32.2. The molecule has 0 aliphatic carbocycles. The predicted molar refractivity (Wildman–Crippen MR) is 56.4 cm³/mol. The minimum atomic E-state index is -0.000602. The maximum atomic E-state index is 8.78. The van der Waals surface area contributed by atoms with Crippen molar-refractivity contribution in [1.29, 1.82) is 0 Å². The molecular weight excluding hydrogens is 200 g/mol. The van der Waals surface area contributed by atoms with Gasteiger partial charge in [-0.05, 0) is 25.0 Å². The third-order valence-corrected chi connectivity index (χ3v) is 4.05. The van der Waals surface area contributed by atoms with Crippen LogP contribution in [0.2, 0.25) is 0 Å². The van der Waals surface area contributed by atoms with Crippen molar-refractivity contribution < 1.29 is 14.6 Å². The van der Waals surface area contributed by atoms with E-state index in [0.29, 0.717) is 18.9 Å². The van der Waals surface area contributed by atoms with E-state index in [4.69, 9.17) is 14.6 Å². The van der Waals surface area contributed by atoms with E-state index in [2.05, 4.69) is 0 Å². The Hall–Kier alpha value is 0.230. The second-order valence-electron chi connectivity index (χ2n) is 3.95. The quantitative estimate of drug-likeness (QED) is 0.774. The second-order valence-corrected chi connectivity index (χ2v) is 5.10. The van der Waals surface area contributed by atoms with E-state index in [-0.39, 0.29) is 19.0 Å². The number of aliphatic hydroxyl groups is 1. The zero-order chi connectivity index (χ0) is 9.80. The van der Waals surface area contributed by atoms with Gasteiger partial charge in [-0.3, -0.25) is 0 Å². The van der Waals surface area contributed by atoms with E-state index in [1.807, 2.05) is 11.8 Å². The third kappa shape index (κ3) is 2.63. The minimum Gasteiger partial charge on any atom is -0.396 e. The van der Waals surface area contributed by atoms with Gasteiger partial charge in [0.25, 0.3) is 0 Å². The summed E-state index contributed by atoms with van der Waals surface area (Å²) < 4.78 is 11.4. The Morgan fingerprint density at radius 2 is 2.36 bits per heavy atom. The zero-order valence-electron chi connectivity index (χ0n) is 8.35. The van der Waals surface area contributed by atoms with Crippen molar-refractivity contribution in [2.24, 2.45) is 5.92 Å². The summed E-state index contributed by atoms with van der Waals surface area (Å²) in [4.78, 5) is 0. The molecule has 2 saturated heterocycles. The Balaban J connectivity index is 1.76. The highest BCUT2D eigenvalue weighted by Crippen LogP contribution is 2.30. The summed E-state index contributed by atoms with van der Waals surface area (Å²) in [7, 11) is 0. The average Bonchev–Trinajstić information content (AvgIpc) is 2.68. The Bertz CT molecular complexity index is 171. The Morgan fingerprint density at radius 1 is 1.43 bits per heavy atom. The third-order valence-electron chi connectivity index (χ3n) is 2.80. The highest BCUT2D eigenvalue weighted by Gasteiger charge is 2.33. The van der Waals surface area contributed by atoms with E-state index in [1.54, 1.807) is 0 Å². The van der Waals surface area contributed by atoms with E-state index < -0.39 is 0 Å². The molecule has 2 rings (SSSR count). The summed E-state index contributed by atoms with van der Waals surface area (Å²) in [5, 5.41) is 8.78. The number of thioether (sulfide) groups is 1. The van der Waals surface area contributed by atoms with Crippen LogP contribution in [0.25, 0.3) is 0 Å². The first kappa shape index (κ1) is 10.7. The maximum absolute atomic E-state index is 8.78. The van der Waals surface area contributed by atoms with Crippen molar-refractivity contribution in [3.05, 3.63) is 0 Å². The van der Waals surface area contributed by atoms with E-state index in [1.165, 1.54) is 18.6 Å². The molecule has 0 aromatic heterocycles. The van der Waals surface area contributed by atoms with Gasteiger partial charge in [0.1, 0.15) is 0 Å². The summed E-state index contributed by atoms with van der Waals surface area (Å²) in [5.41, 5.74) is 0. The van der Waals surface area contributed by atoms with Gasteiger partial charge in [0, 0.05) is 18.3 Å². The number of rotatable bonds is 3. The molecule has 0 radical (unpaired) electrons. The van der Waals surface area contributed by atoms with Crippen LogP contribution in [0, 0.1) is 5.92 Å². The number of aliphatic hydroxyl groups excluding tert-OH is 1. The normalized spacial score (nSPS) is 38.8. The molecule has 3 nitrogen and oxygen atoms in total. The van der Waals surface area contributed by atoms with Gasteiger partial charge in [0.2, 0.25) is 0 Å². The fourth-order valence-electron chi connectivity index (χ4n) is 1.99. The van der Waals surface area contributed by atoms with Crippen molar-refractivity contribution in [2.75, 3.05) is 24.7 Å². The fourth-order valence-corrected chi connectivity index (χ4v) is 3.16. The van der Waals surface area contributed by atoms with Crippen LogP contribution in [0.3, 0.4) is 0 Å². The molecule has 3 unspecified atom stereocenters. The van der Waals surface area contributed by atoms with Gasteiger partial charge in [-0.1, -0.05) is 0 Å². The molecule has 2 aliphatic rings. The summed E-state index contributed by atoms with van der Waals surface area (Å²) in [6, 6.07) is 0. The van der Waals surface area contributed by atoms with Crippen LogP contribution in [-0.2, 0) is 9.47 Å². The first-order chi connectivity index (χ1) is 6.90. The van der Waals surface area contributed by atoms with Gasteiger partial charge in [0.05, 0.1) is 12.7 Å². The van der Waals surface area contributed by atoms with Crippen LogP contribution in [-0.4, -0.2) is 42.2 Å². The Morgan fingerprint density at radius 3 is 3.07 bits per heavy atom. The lowest BCUT2D eigenvalue weighted by molar-refractivity contribution is -0.0946. The van der Waals surface area contributed by atoms with Gasteiger partial charge < -0.3 is 14.6 Å². The van der Waals surface area contributed by atoms with Crippen molar-refractivity contribution in [1.82, 2.24) is 0 Å². The van der Waals surface area contributed by atoms with Gasteiger partial charge in [-0.2, -0.15) is 11.8 Å². The molecule has 3 atom stereocenters. The number of ether oxygens (including phenoxy) is 2. The molecule has 0 aromatic rings. The number of hydrogen-bond acceptors (Lipinski definition) is 4. The van der Waals surface area contributed by atoms with Crippen LogP contribution in [0.5, 0.6) is 0 Å². The summed E-state index contributed by atoms with van der Waals surface area (Å²) in [6.07, 6.45) is 3.33. The van der Waals surface area contributed by atoms with Crippen molar-refractivity contribution >= 4 is 11.8 Å². The monoisotopic (exact) mass is 218 g/mol. The Labute approximate surface area is 89.2 Å². The Kier molecular flexibility index (Phi) is 4.10. The summed E-state index contributed by atoms with van der Waals surface area (Å²) in [6.45, 7) is 0.854. The molecule has 2 heterocycles. The minimum absolute atomic E-state index is 0.000602. The molecule has 82 valence electrons. The van der Waals surface area contributed by atoms with Crippen LogP contribution in [0.1, 0.15) is 19.3 Å². The molecule has 4 heteroatoms. The lowest BCUT2D eigenvalue weighted by atomic mass is 10.1. The van der Waals surface area contributed by atoms with Crippen LogP contribution >= 0.6 is 11.8 Å². The van der Waals surface area contributed by atoms with Crippen LogP contribution < -0.4 is 0 Å². The molecule has 0 saturated carbocycles. The second kappa shape index (κ2) is 5.35. The van der Waals surface area contributed by atoms with Crippen LogP contribution in [0.4, 0.5) is 0 Å². The van der Waals surface area contributed by atoms with Crippen LogP contribution in [0.15, 0.2) is 0 Å². The van der Waals surface area contributed by atoms with Gasteiger partial charge in [-0.25, -0.2) is 0 Å². The molecule has 2 fully saturated rings. The molecule has 0 amide bonds. The molecule has 14 heavy (non-hydrogen) atoms. The van der Waals surface area contributed by atoms with E-state index in [0.717, 1.165) is 5.75 Å². The average molecular weight is 218 g/mol. The van der Waals surface area contributed by atoms with Gasteiger partial charge >= 0.3 is 0 Å². The van der Waals surface area contributed by atoms with Crippen molar-refractivity contribution in [2.45, 2.75) is 31.7 Å². The largest absolute Gasteiger partial charge is 0.396 e. The first-order valence-corrected chi connectivity index (χ1v) is 6.51. The smallest absolute Gasteiger partial charge is 0.161 e. The fraction of sp³-hybridized carbons (Fsp3) is 1.00. The SMILES string of the molecule is OCCC1COC(C2CCCSC2)O1. The lowest BCUT2D eigenvalue weighted by Gasteiger charge is -2.25. The van der Waals surface area contributed by atoms with Crippen molar-refractivity contribution in [3.63, 3.8) is 0 Å². The number of hydrogen-bond donors (Lipinski definition) is 1. The van der Waals surface area contributed by atoms with Gasteiger partial charge in [0.15, 0.2) is 6.29 Å². The molecule has 0 aromatic carbocycles. The maximum Gasteiger partial charge on any atom is 0.161 e. The molecular formula is C10H18O3S. The first-order valence-electron chi connectivity index (χ1n) is 5.36. The van der Waals surface area contributed by atoms with E-state index >= 15 is 0 Å². The molecule has 2 aliphatic heterocycles. The molecule has 0 spiro atoms. The van der Waals surface area contributed by atoms with Crippen molar-refractivity contribution in [3.8, 4) is 0 Å². The molecule has 1 N–H and O–H groups in total. The standard InChI is InChI=1S/C10H18O3S/c11-4-3-9-6-12-10(13-9)8-2-1-5-14-7-8/h8-11H,1-7H2. The highest BCUT2D eigenvalue weighted by molar-refractivity contribution is 7.99.